The molecule has 2 nitrogen and oxygen atoms in total. The van der Waals surface area contributed by atoms with E-state index in [2.05, 4.69) is 16.9 Å². The molecular weight excluding hydrogens is 112 g/mol. The summed E-state index contributed by atoms with van der Waals surface area (Å²) in [4.78, 5) is 3.89. The fourth-order valence-electron chi connectivity index (χ4n) is 0.566. The smallest absolute Gasteiger partial charge is 0.0566 e. The predicted molar refractivity (Wildman–Crippen MR) is 38.1 cm³/mol. The van der Waals surface area contributed by atoms with Crippen LogP contribution in [-0.2, 0) is 0 Å². The SMILES string of the molecule is C=CNc1cccnc1. The van der Waals surface area contributed by atoms with Gasteiger partial charge in [-0.1, -0.05) is 6.58 Å². The molecule has 1 N–H and O–H groups in total. The van der Waals surface area contributed by atoms with Gasteiger partial charge in [-0.15, -0.1) is 0 Å². The van der Waals surface area contributed by atoms with Gasteiger partial charge in [0.15, 0.2) is 0 Å². The third kappa shape index (κ3) is 1.57. The zero-order valence-corrected chi connectivity index (χ0v) is 5.04. The monoisotopic (exact) mass is 120 g/mol. The fraction of sp³-hybridized carbons (Fsp3) is 0. The van der Waals surface area contributed by atoms with E-state index in [0.29, 0.717) is 0 Å². The van der Waals surface area contributed by atoms with E-state index >= 15 is 0 Å². The van der Waals surface area contributed by atoms with Gasteiger partial charge in [-0.3, -0.25) is 4.98 Å². The Morgan fingerprint density at radius 3 is 3.11 bits per heavy atom. The molecule has 2 heteroatoms. The quantitative estimate of drug-likeness (QED) is 0.641. The summed E-state index contributed by atoms with van der Waals surface area (Å²) in [7, 11) is 0. The van der Waals surface area contributed by atoms with Crippen LogP contribution in [0.3, 0.4) is 0 Å². The van der Waals surface area contributed by atoms with Crippen molar-refractivity contribution in [1.29, 1.82) is 0 Å². The molecule has 0 saturated carbocycles. The van der Waals surface area contributed by atoms with Gasteiger partial charge in [0, 0.05) is 6.20 Å². The number of hydrogen-bond donors (Lipinski definition) is 1. The van der Waals surface area contributed by atoms with Crippen molar-refractivity contribution in [2.24, 2.45) is 0 Å². The van der Waals surface area contributed by atoms with Crippen LogP contribution in [0.4, 0.5) is 5.69 Å². The molecule has 0 spiro atoms. The zero-order chi connectivity index (χ0) is 6.53. The van der Waals surface area contributed by atoms with E-state index in [1.165, 1.54) is 0 Å². The maximum absolute atomic E-state index is 3.89. The summed E-state index contributed by atoms with van der Waals surface area (Å²) in [5.74, 6) is 0. The number of pyridine rings is 1. The molecule has 0 fully saturated rings. The molecule has 0 aromatic carbocycles. The molecule has 0 amide bonds. The first-order chi connectivity index (χ1) is 4.43. The molecule has 0 unspecified atom stereocenters. The number of rotatable bonds is 2. The normalized spacial score (nSPS) is 8.44. The van der Waals surface area contributed by atoms with E-state index in [-0.39, 0.29) is 0 Å². The molecule has 0 radical (unpaired) electrons. The molecule has 0 atom stereocenters. The Morgan fingerprint density at radius 1 is 1.67 bits per heavy atom. The van der Waals surface area contributed by atoms with Crippen LogP contribution in [0.2, 0.25) is 0 Å². The highest BCUT2D eigenvalue weighted by molar-refractivity contribution is 5.41. The second kappa shape index (κ2) is 2.87. The maximum atomic E-state index is 3.89. The lowest BCUT2D eigenvalue weighted by atomic mass is 10.4. The van der Waals surface area contributed by atoms with Crippen molar-refractivity contribution in [2.75, 3.05) is 5.32 Å². The number of hydrogen-bond acceptors (Lipinski definition) is 2. The molecule has 46 valence electrons. The van der Waals surface area contributed by atoms with Crippen molar-refractivity contribution in [3.63, 3.8) is 0 Å². The van der Waals surface area contributed by atoms with Gasteiger partial charge in [0.05, 0.1) is 11.9 Å². The van der Waals surface area contributed by atoms with E-state index in [0.717, 1.165) is 5.69 Å². The van der Waals surface area contributed by atoms with Gasteiger partial charge in [0.2, 0.25) is 0 Å². The fourth-order valence-corrected chi connectivity index (χ4v) is 0.566. The van der Waals surface area contributed by atoms with Crippen LogP contribution < -0.4 is 5.32 Å². The van der Waals surface area contributed by atoms with E-state index in [4.69, 9.17) is 0 Å². The summed E-state index contributed by atoms with van der Waals surface area (Å²) in [5, 5.41) is 2.91. The number of nitrogens with zero attached hydrogens (tertiary/aromatic N) is 1. The largest absolute Gasteiger partial charge is 0.361 e. The van der Waals surface area contributed by atoms with E-state index in [9.17, 15) is 0 Å². The second-order valence-corrected chi connectivity index (χ2v) is 1.59. The molecule has 0 aliphatic rings. The highest BCUT2D eigenvalue weighted by atomic mass is 14.9. The summed E-state index contributed by atoms with van der Waals surface area (Å²) < 4.78 is 0. The zero-order valence-electron chi connectivity index (χ0n) is 5.04. The van der Waals surface area contributed by atoms with Crippen molar-refractivity contribution in [3.05, 3.63) is 37.3 Å². The van der Waals surface area contributed by atoms with Crippen molar-refractivity contribution in [3.8, 4) is 0 Å². The topological polar surface area (TPSA) is 24.9 Å². The average Bonchev–Trinajstić information content (AvgIpc) is 1.91. The molecule has 9 heavy (non-hydrogen) atoms. The second-order valence-electron chi connectivity index (χ2n) is 1.59. The molecule has 1 aromatic rings. The first-order valence-electron chi connectivity index (χ1n) is 2.71. The molecule has 0 saturated heterocycles. The van der Waals surface area contributed by atoms with Crippen LogP contribution in [0, 0.1) is 0 Å². The van der Waals surface area contributed by atoms with Crippen molar-refractivity contribution >= 4 is 5.69 Å². The summed E-state index contributed by atoms with van der Waals surface area (Å²) in [5.41, 5.74) is 0.965. The molecule has 0 aliphatic heterocycles. The Labute approximate surface area is 54.2 Å². The highest BCUT2D eigenvalue weighted by Crippen LogP contribution is 2.00. The first-order valence-corrected chi connectivity index (χ1v) is 2.71. The van der Waals surface area contributed by atoms with Crippen LogP contribution in [0.25, 0.3) is 0 Å². The predicted octanol–water partition coefficient (Wildman–Crippen LogP) is 1.64. The molecule has 0 aliphatic carbocycles. The van der Waals surface area contributed by atoms with Crippen LogP contribution >= 0.6 is 0 Å². The van der Waals surface area contributed by atoms with Crippen molar-refractivity contribution < 1.29 is 0 Å². The van der Waals surface area contributed by atoms with Crippen LogP contribution in [0.5, 0.6) is 0 Å². The Balaban J connectivity index is 2.72. The van der Waals surface area contributed by atoms with Gasteiger partial charge >= 0.3 is 0 Å². The minimum absolute atomic E-state index is 0.965. The minimum Gasteiger partial charge on any atom is -0.361 e. The first kappa shape index (κ1) is 5.82. The molecule has 1 aromatic heterocycles. The molecule has 1 rings (SSSR count). The van der Waals surface area contributed by atoms with Crippen LogP contribution in [0.15, 0.2) is 37.3 Å². The third-order valence-corrected chi connectivity index (χ3v) is 0.930. The van der Waals surface area contributed by atoms with Gasteiger partial charge < -0.3 is 5.32 Å². The Kier molecular flexibility index (Phi) is 1.85. The van der Waals surface area contributed by atoms with Crippen LogP contribution in [-0.4, -0.2) is 4.98 Å². The minimum atomic E-state index is 0.965. The summed E-state index contributed by atoms with van der Waals surface area (Å²) in [6, 6.07) is 3.79. The summed E-state index contributed by atoms with van der Waals surface area (Å²) >= 11 is 0. The van der Waals surface area contributed by atoms with E-state index < -0.39 is 0 Å². The molecular formula is C7H8N2. The maximum Gasteiger partial charge on any atom is 0.0566 e. The number of anilines is 1. The third-order valence-electron chi connectivity index (χ3n) is 0.930. The average molecular weight is 120 g/mol. The Morgan fingerprint density at radius 2 is 2.56 bits per heavy atom. The standard InChI is InChI=1S/C7H8N2/c1-2-9-7-4-3-5-8-6-7/h2-6,9H,1H2. The number of nitrogens with one attached hydrogen (secondary N) is 1. The Bertz CT molecular complexity index is 181. The van der Waals surface area contributed by atoms with Gasteiger partial charge in [-0.05, 0) is 18.3 Å². The van der Waals surface area contributed by atoms with Gasteiger partial charge in [0.1, 0.15) is 0 Å². The summed E-state index contributed by atoms with van der Waals surface area (Å²) in [6.07, 6.45) is 5.09. The van der Waals surface area contributed by atoms with Crippen LogP contribution in [0.1, 0.15) is 0 Å². The number of aromatic nitrogens is 1. The Hall–Kier alpha value is -1.31. The lowest BCUT2D eigenvalue weighted by molar-refractivity contribution is 1.32. The molecule has 1 heterocycles. The molecule has 0 bridgehead atoms. The van der Waals surface area contributed by atoms with Gasteiger partial charge in [-0.25, -0.2) is 0 Å². The highest BCUT2D eigenvalue weighted by Gasteiger charge is 1.80. The van der Waals surface area contributed by atoms with E-state index in [1.54, 1.807) is 18.6 Å². The van der Waals surface area contributed by atoms with Gasteiger partial charge in [-0.2, -0.15) is 0 Å². The summed E-state index contributed by atoms with van der Waals surface area (Å²) in [6.45, 7) is 3.52. The van der Waals surface area contributed by atoms with Crippen molar-refractivity contribution in [1.82, 2.24) is 4.98 Å². The van der Waals surface area contributed by atoms with E-state index in [1.807, 2.05) is 12.1 Å². The lowest BCUT2D eigenvalue weighted by Gasteiger charge is -1.94. The van der Waals surface area contributed by atoms with Crippen molar-refractivity contribution in [2.45, 2.75) is 0 Å². The van der Waals surface area contributed by atoms with Gasteiger partial charge in [0.25, 0.3) is 0 Å². The lowest BCUT2D eigenvalue weighted by Crippen LogP contribution is -1.84.